The van der Waals surface area contributed by atoms with Gasteiger partial charge in [-0.15, -0.1) is 0 Å². The molecule has 1 N–H and O–H groups in total. The number of nitrogens with zero attached hydrogens (tertiary/aromatic N) is 1. The Labute approximate surface area is 169 Å². The number of likely N-dealkylation sites (N-methyl/N-ethyl adjacent to an activating group) is 1. The van der Waals surface area contributed by atoms with Crippen LogP contribution in [0.1, 0.15) is 28.3 Å². The zero-order valence-electron chi connectivity index (χ0n) is 15.3. The SMILES string of the molecule is COCOc1ccc(C(=O)N(C)CC(CCO)c2ccc(Cl)c(Cl)c2)cc1. The first-order valence-electron chi connectivity index (χ1n) is 8.49. The van der Waals surface area contributed by atoms with Crippen molar-refractivity contribution in [3.63, 3.8) is 0 Å². The number of amides is 1. The highest BCUT2D eigenvalue weighted by Crippen LogP contribution is 2.29. The van der Waals surface area contributed by atoms with Crippen molar-refractivity contribution in [1.82, 2.24) is 4.90 Å². The molecule has 0 bridgehead atoms. The Balaban J connectivity index is 2.08. The summed E-state index contributed by atoms with van der Waals surface area (Å²) in [7, 11) is 3.28. The number of rotatable bonds is 9. The Morgan fingerprint density at radius 2 is 1.85 bits per heavy atom. The zero-order valence-corrected chi connectivity index (χ0v) is 16.8. The summed E-state index contributed by atoms with van der Waals surface area (Å²) >= 11 is 12.1. The van der Waals surface area contributed by atoms with E-state index in [1.54, 1.807) is 55.5 Å². The highest BCUT2D eigenvalue weighted by molar-refractivity contribution is 6.42. The molecule has 1 amide bonds. The van der Waals surface area contributed by atoms with E-state index in [0.717, 1.165) is 5.56 Å². The predicted octanol–water partition coefficient (Wildman–Crippen LogP) is 4.21. The molecule has 0 radical (unpaired) electrons. The second-order valence-corrected chi connectivity index (χ2v) is 6.96. The lowest BCUT2D eigenvalue weighted by molar-refractivity contribution is 0.0511. The normalized spacial score (nSPS) is 11.9. The van der Waals surface area contributed by atoms with Crippen LogP contribution < -0.4 is 4.74 Å². The third kappa shape index (κ3) is 6.11. The number of benzene rings is 2. The number of carbonyl (C=O) groups excluding carboxylic acids is 1. The average molecular weight is 412 g/mol. The summed E-state index contributed by atoms with van der Waals surface area (Å²) in [5.41, 5.74) is 1.49. The molecular formula is C20H23Cl2NO4. The van der Waals surface area contributed by atoms with E-state index >= 15 is 0 Å². The molecule has 0 saturated heterocycles. The minimum Gasteiger partial charge on any atom is -0.468 e. The fraction of sp³-hybridized carbons (Fsp3) is 0.350. The molecule has 0 aliphatic carbocycles. The Morgan fingerprint density at radius 1 is 1.15 bits per heavy atom. The standard InChI is InChI=1S/C20H23Cl2NO4/c1-23(20(25)14-3-6-17(7-4-14)27-13-26-2)12-16(9-10-24)15-5-8-18(21)19(22)11-15/h3-8,11,16,24H,9-10,12-13H2,1-2H3. The van der Waals surface area contributed by atoms with Crippen LogP contribution in [0.3, 0.4) is 0 Å². The second kappa shape index (κ2) is 10.5. The molecule has 2 aromatic rings. The minimum atomic E-state index is -0.115. The lowest BCUT2D eigenvalue weighted by atomic mass is 9.95. The van der Waals surface area contributed by atoms with Crippen LogP contribution in [0.4, 0.5) is 0 Å². The minimum absolute atomic E-state index is 0.0124. The maximum absolute atomic E-state index is 12.7. The third-order valence-corrected chi connectivity index (χ3v) is 4.92. The second-order valence-electron chi connectivity index (χ2n) is 6.14. The molecule has 2 aromatic carbocycles. The maximum Gasteiger partial charge on any atom is 0.253 e. The first-order chi connectivity index (χ1) is 13.0. The summed E-state index contributed by atoms with van der Waals surface area (Å²) in [6.07, 6.45) is 0.513. The van der Waals surface area contributed by atoms with Crippen LogP contribution >= 0.6 is 23.2 Å². The number of hydrogen-bond acceptors (Lipinski definition) is 4. The number of aliphatic hydroxyl groups is 1. The van der Waals surface area contributed by atoms with Crippen molar-refractivity contribution < 1.29 is 19.4 Å². The average Bonchev–Trinajstić information content (AvgIpc) is 2.68. The van der Waals surface area contributed by atoms with Crippen molar-refractivity contribution in [1.29, 1.82) is 0 Å². The smallest absolute Gasteiger partial charge is 0.253 e. The fourth-order valence-corrected chi connectivity index (χ4v) is 3.05. The number of halogens is 2. The van der Waals surface area contributed by atoms with Gasteiger partial charge in [0.2, 0.25) is 0 Å². The monoisotopic (exact) mass is 411 g/mol. The van der Waals surface area contributed by atoms with E-state index in [1.165, 1.54) is 0 Å². The molecular weight excluding hydrogens is 389 g/mol. The zero-order chi connectivity index (χ0) is 19.8. The van der Waals surface area contributed by atoms with Gasteiger partial charge in [-0.05, 0) is 48.4 Å². The molecule has 1 unspecified atom stereocenters. The molecule has 0 fully saturated rings. The molecule has 0 spiro atoms. The van der Waals surface area contributed by atoms with E-state index in [4.69, 9.17) is 32.7 Å². The van der Waals surface area contributed by atoms with Crippen molar-refractivity contribution in [2.45, 2.75) is 12.3 Å². The molecule has 1 atom stereocenters. The van der Waals surface area contributed by atoms with Gasteiger partial charge >= 0.3 is 0 Å². The molecule has 0 aliphatic rings. The Bertz CT molecular complexity index is 752. The first kappa shape index (κ1) is 21.5. The van der Waals surface area contributed by atoms with Gasteiger partial charge in [0, 0.05) is 38.8 Å². The fourth-order valence-electron chi connectivity index (χ4n) is 2.74. The third-order valence-electron chi connectivity index (χ3n) is 4.18. The van der Waals surface area contributed by atoms with E-state index in [1.807, 2.05) is 6.07 Å². The Kier molecular flexibility index (Phi) is 8.38. The van der Waals surface area contributed by atoms with E-state index in [2.05, 4.69) is 0 Å². The van der Waals surface area contributed by atoms with E-state index in [9.17, 15) is 9.90 Å². The van der Waals surface area contributed by atoms with E-state index in [0.29, 0.717) is 34.3 Å². The van der Waals surface area contributed by atoms with Gasteiger partial charge in [0.1, 0.15) is 5.75 Å². The predicted molar refractivity (Wildman–Crippen MR) is 107 cm³/mol. The van der Waals surface area contributed by atoms with Crippen molar-refractivity contribution in [3.05, 3.63) is 63.6 Å². The van der Waals surface area contributed by atoms with Gasteiger partial charge in [-0.2, -0.15) is 0 Å². The first-order valence-corrected chi connectivity index (χ1v) is 9.25. The van der Waals surface area contributed by atoms with E-state index < -0.39 is 0 Å². The van der Waals surface area contributed by atoms with Crippen molar-refractivity contribution in [2.24, 2.45) is 0 Å². The highest BCUT2D eigenvalue weighted by Gasteiger charge is 2.19. The van der Waals surface area contributed by atoms with Crippen LogP contribution in [-0.2, 0) is 4.74 Å². The van der Waals surface area contributed by atoms with Gasteiger partial charge in [0.15, 0.2) is 6.79 Å². The Hall–Kier alpha value is -1.79. The number of ether oxygens (including phenoxy) is 2. The van der Waals surface area contributed by atoms with Crippen molar-refractivity contribution in [2.75, 3.05) is 34.1 Å². The number of carbonyl (C=O) groups is 1. The number of methoxy groups -OCH3 is 1. The van der Waals surface area contributed by atoms with Gasteiger partial charge < -0.3 is 19.5 Å². The van der Waals surface area contributed by atoms with Gasteiger partial charge in [-0.25, -0.2) is 0 Å². The molecule has 146 valence electrons. The molecule has 0 saturated carbocycles. The summed E-state index contributed by atoms with van der Waals surface area (Å²) < 4.78 is 10.2. The quantitative estimate of drug-likeness (QED) is 0.627. The maximum atomic E-state index is 12.7. The summed E-state index contributed by atoms with van der Waals surface area (Å²) in [5.74, 6) is 0.462. The molecule has 0 aliphatic heterocycles. The largest absolute Gasteiger partial charge is 0.468 e. The van der Waals surface area contributed by atoms with Crippen LogP contribution in [-0.4, -0.2) is 50.0 Å². The van der Waals surface area contributed by atoms with Crippen LogP contribution in [0.5, 0.6) is 5.75 Å². The van der Waals surface area contributed by atoms with Crippen LogP contribution in [0.25, 0.3) is 0 Å². The summed E-state index contributed by atoms with van der Waals surface area (Å²) in [6, 6.07) is 12.3. The van der Waals surface area contributed by atoms with Crippen LogP contribution in [0, 0.1) is 0 Å². The molecule has 0 aromatic heterocycles. The van der Waals surface area contributed by atoms with Crippen molar-refractivity contribution in [3.8, 4) is 5.75 Å². The lowest BCUT2D eigenvalue weighted by Gasteiger charge is -2.24. The topological polar surface area (TPSA) is 59.0 Å². The molecule has 5 nitrogen and oxygen atoms in total. The number of aliphatic hydroxyl groups excluding tert-OH is 1. The van der Waals surface area contributed by atoms with Gasteiger partial charge in [0.05, 0.1) is 10.0 Å². The highest BCUT2D eigenvalue weighted by atomic mass is 35.5. The van der Waals surface area contributed by atoms with Gasteiger partial charge in [0.25, 0.3) is 5.91 Å². The molecule has 0 heterocycles. The number of hydrogen-bond donors (Lipinski definition) is 1. The van der Waals surface area contributed by atoms with E-state index in [-0.39, 0.29) is 25.2 Å². The summed E-state index contributed by atoms with van der Waals surface area (Å²) in [6.45, 7) is 0.609. The molecule has 2 rings (SSSR count). The van der Waals surface area contributed by atoms with Crippen molar-refractivity contribution >= 4 is 29.1 Å². The Morgan fingerprint density at radius 3 is 2.44 bits per heavy atom. The van der Waals surface area contributed by atoms with Gasteiger partial charge in [-0.1, -0.05) is 29.3 Å². The summed E-state index contributed by atoms with van der Waals surface area (Å²) in [4.78, 5) is 14.3. The lowest BCUT2D eigenvalue weighted by Crippen LogP contribution is -2.31. The van der Waals surface area contributed by atoms with Gasteiger partial charge in [-0.3, -0.25) is 4.79 Å². The molecule has 7 heteroatoms. The van der Waals surface area contributed by atoms with Crippen LogP contribution in [0.15, 0.2) is 42.5 Å². The van der Waals surface area contributed by atoms with Crippen LogP contribution in [0.2, 0.25) is 10.0 Å². The molecule has 27 heavy (non-hydrogen) atoms. The summed E-state index contributed by atoms with van der Waals surface area (Å²) in [5, 5.41) is 10.3.